The number of hydrogen-bond donors (Lipinski definition) is 2. The van der Waals surface area contributed by atoms with Crippen molar-refractivity contribution >= 4 is 24.4 Å². The van der Waals surface area contributed by atoms with Gasteiger partial charge in [-0.3, -0.25) is 19.3 Å². The van der Waals surface area contributed by atoms with Crippen LogP contribution in [-0.4, -0.2) is 36.7 Å². The molecule has 2 N–H and O–H groups in total. The normalized spacial score (nSPS) is 16.0. The van der Waals surface area contributed by atoms with Gasteiger partial charge < -0.3 is 9.31 Å². The van der Waals surface area contributed by atoms with Crippen molar-refractivity contribution in [1.29, 1.82) is 0 Å². The van der Waals surface area contributed by atoms with E-state index in [2.05, 4.69) is 11.0 Å². The van der Waals surface area contributed by atoms with E-state index in [-0.39, 0.29) is 29.6 Å². The van der Waals surface area contributed by atoms with Crippen LogP contribution in [-0.2, 0) is 30.4 Å². The minimum atomic E-state index is -0.404. The monoisotopic (exact) mass is 510 g/mol. The second-order valence-corrected chi connectivity index (χ2v) is 10.6. The Morgan fingerprint density at radius 2 is 1.46 bits per heavy atom. The summed E-state index contributed by atoms with van der Waals surface area (Å²) in [6.45, 7) is 12.7. The molecule has 0 aliphatic carbocycles. The van der Waals surface area contributed by atoms with Crippen molar-refractivity contribution in [3.8, 4) is 0 Å². The van der Waals surface area contributed by atoms with E-state index < -0.39 is 7.12 Å². The zero-order valence-electron chi connectivity index (χ0n) is 22.8. The molecule has 1 saturated heterocycles. The predicted octanol–water partition coefficient (Wildman–Crippen LogP) is 4.07. The summed E-state index contributed by atoms with van der Waals surface area (Å²) in [4.78, 5) is 34.8. The molecule has 1 aliphatic heterocycles. The highest BCUT2D eigenvalue weighted by molar-refractivity contribution is 6.62. The summed E-state index contributed by atoms with van der Waals surface area (Å²) in [7, 11) is -0.404. The molecule has 9 heteroatoms. The molecule has 8 nitrogen and oxygen atoms in total. The van der Waals surface area contributed by atoms with Crippen molar-refractivity contribution in [2.24, 2.45) is 0 Å². The fourth-order valence-electron chi connectivity index (χ4n) is 3.92. The lowest BCUT2D eigenvalue weighted by Crippen LogP contribution is -2.41. The smallest absolute Gasteiger partial charge is 0.399 e. The molecule has 0 aromatic heterocycles. The Morgan fingerprint density at radius 1 is 0.838 bits per heavy atom. The van der Waals surface area contributed by atoms with Crippen LogP contribution in [0.5, 0.6) is 0 Å². The lowest BCUT2D eigenvalue weighted by Gasteiger charge is -2.32. The van der Waals surface area contributed by atoms with E-state index in [1.807, 2.05) is 84.0 Å². The molecule has 0 saturated carbocycles. The number of aryl methyl sites for hydroxylation is 2. The third kappa shape index (κ3) is 8.40. The molecule has 37 heavy (non-hydrogen) atoms. The molecule has 0 radical (unpaired) electrons. The molecule has 2 aromatic rings. The topological polar surface area (TPSA) is 95.1 Å². The molecule has 200 valence electrons. The number of hydroxylamine groups is 2. The van der Waals surface area contributed by atoms with E-state index >= 15 is 0 Å². The third-order valence-corrected chi connectivity index (χ3v) is 6.73. The number of rotatable bonds is 12. The highest BCUT2D eigenvalue weighted by Gasteiger charge is 2.51. The van der Waals surface area contributed by atoms with Gasteiger partial charge in [0.2, 0.25) is 5.91 Å². The Bertz CT molecular complexity index is 1030. The fourth-order valence-corrected chi connectivity index (χ4v) is 3.92. The molecule has 3 rings (SSSR count). The molecule has 2 aromatic carbocycles. The minimum Gasteiger partial charge on any atom is -0.399 e. The summed E-state index contributed by atoms with van der Waals surface area (Å²) in [6, 6.07) is 13.4. The number of unbranched alkanes of at least 4 members (excludes halogenated alkanes) is 2. The summed E-state index contributed by atoms with van der Waals surface area (Å²) in [5.74, 6) is -0.427. The van der Waals surface area contributed by atoms with Crippen molar-refractivity contribution in [3.05, 3.63) is 64.7 Å². The van der Waals surface area contributed by atoms with E-state index in [0.717, 1.165) is 35.0 Å². The van der Waals surface area contributed by atoms with Gasteiger partial charge in [0.25, 0.3) is 5.91 Å². The largest absolute Gasteiger partial charge is 0.494 e. The van der Waals surface area contributed by atoms with Crippen molar-refractivity contribution in [2.75, 3.05) is 6.61 Å². The fraction of sp³-hybridized carbons (Fsp3) is 0.500. The second-order valence-electron chi connectivity index (χ2n) is 10.6. The first-order chi connectivity index (χ1) is 17.5. The van der Waals surface area contributed by atoms with Gasteiger partial charge in [0.05, 0.1) is 24.4 Å². The number of nitrogens with one attached hydrogen (secondary N) is 2. The van der Waals surface area contributed by atoms with Gasteiger partial charge in [-0.2, -0.15) is 0 Å². The van der Waals surface area contributed by atoms with Crippen molar-refractivity contribution < 1.29 is 28.6 Å². The van der Waals surface area contributed by atoms with Crippen LogP contribution >= 0.6 is 0 Å². The van der Waals surface area contributed by atoms with Crippen LogP contribution in [0.3, 0.4) is 0 Å². The number of carbonyl (C=O) groups is 2. The van der Waals surface area contributed by atoms with Crippen LogP contribution in [0.2, 0.25) is 0 Å². The average Bonchev–Trinajstić information content (AvgIpc) is 3.04. The van der Waals surface area contributed by atoms with Crippen LogP contribution in [0.1, 0.15) is 80.4 Å². The quantitative estimate of drug-likeness (QED) is 0.254. The highest BCUT2D eigenvalue weighted by atomic mass is 16.7. The molecule has 1 fully saturated rings. The molecular weight excluding hydrogens is 471 g/mol. The standard InChI is InChI=1S/C28H39BN2O6/c1-20-16-21(2)18-23(17-20)26(33)31-34-15-9-7-8-10-25(32)30-35-19-22-11-13-24(14-12-22)29-36-27(3,4)28(5,6)37-29/h11-14,16-18H,7-10,15,19H2,1-6H3,(H,30,32)(H,31,33). The van der Waals surface area contributed by atoms with E-state index in [9.17, 15) is 9.59 Å². The first-order valence-corrected chi connectivity index (χ1v) is 12.8. The van der Waals surface area contributed by atoms with Gasteiger partial charge in [-0.05, 0) is 77.5 Å². The lowest BCUT2D eigenvalue weighted by molar-refractivity contribution is -0.134. The SMILES string of the molecule is Cc1cc(C)cc(C(=O)NOCCCCCC(=O)NOCc2ccc(B3OC(C)(C)C(C)(C)O3)cc2)c1. The van der Waals surface area contributed by atoms with Crippen LogP contribution < -0.4 is 16.4 Å². The average molecular weight is 510 g/mol. The lowest BCUT2D eigenvalue weighted by atomic mass is 9.79. The van der Waals surface area contributed by atoms with Crippen molar-refractivity contribution in [3.63, 3.8) is 0 Å². The van der Waals surface area contributed by atoms with Crippen LogP contribution in [0.4, 0.5) is 0 Å². The van der Waals surface area contributed by atoms with Gasteiger partial charge in [0.15, 0.2) is 0 Å². The summed E-state index contributed by atoms with van der Waals surface area (Å²) in [6.07, 6.45) is 2.59. The Labute approximate surface area is 220 Å². The summed E-state index contributed by atoms with van der Waals surface area (Å²) in [5, 5.41) is 0. The van der Waals surface area contributed by atoms with Gasteiger partial charge in [-0.15, -0.1) is 0 Å². The Kier molecular flexibility index (Phi) is 9.90. The van der Waals surface area contributed by atoms with Gasteiger partial charge in [0, 0.05) is 12.0 Å². The maximum absolute atomic E-state index is 12.1. The predicted molar refractivity (Wildman–Crippen MR) is 143 cm³/mol. The van der Waals surface area contributed by atoms with E-state index in [1.165, 1.54) is 0 Å². The van der Waals surface area contributed by atoms with Crippen LogP contribution in [0.15, 0.2) is 42.5 Å². The van der Waals surface area contributed by atoms with E-state index in [0.29, 0.717) is 25.0 Å². The molecule has 1 heterocycles. The number of benzene rings is 2. The molecule has 0 atom stereocenters. The van der Waals surface area contributed by atoms with Gasteiger partial charge >= 0.3 is 7.12 Å². The van der Waals surface area contributed by atoms with Gasteiger partial charge in [-0.25, -0.2) is 11.0 Å². The van der Waals surface area contributed by atoms with E-state index in [4.69, 9.17) is 19.0 Å². The summed E-state index contributed by atoms with van der Waals surface area (Å²) < 4.78 is 12.1. The molecule has 0 bridgehead atoms. The zero-order valence-corrected chi connectivity index (χ0v) is 22.8. The second kappa shape index (κ2) is 12.7. The summed E-state index contributed by atoms with van der Waals surface area (Å²) in [5.41, 5.74) is 8.71. The Morgan fingerprint density at radius 3 is 2.08 bits per heavy atom. The number of amides is 2. The zero-order chi connectivity index (χ0) is 27.1. The van der Waals surface area contributed by atoms with Crippen molar-refractivity contribution in [1.82, 2.24) is 11.0 Å². The first-order valence-electron chi connectivity index (χ1n) is 12.8. The Balaban J connectivity index is 1.24. The van der Waals surface area contributed by atoms with Crippen LogP contribution in [0, 0.1) is 13.8 Å². The third-order valence-electron chi connectivity index (χ3n) is 6.73. The maximum Gasteiger partial charge on any atom is 0.494 e. The first kappa shape index (κ1) is 28.9. The molecular formula is C28H39BN2O6. The van der Waals surface area contributed by atoms with E-state index in [1.54, 1.807) is 0 Å². The van der Waals surface area contributed by atoms with Gasteiger partial charge in [0.1, 0.15) is 0 Å². The number of hydrogen-bond acceptors (Lipinski definition) is 6. The molecule has 0 unspecified atom stereocenters. The van der Waals surface area contributed by atoms with Crippen molar-refractivity contribution in [2.45, 2.75) is 85.0 Å². The summed E-state index contributed by atoms with van der Waals surface area (Å²) >= 11 is 0. The molecule has 2 amide bonds. The molecule has 0 spiro atoms. The Hall–Kier alpha value is -2.72. The van der Waals surface area contributed by atoms with Crippen LogP contribution in [0.25, 0.3) is 0 Å². The van der Waals surface area contributed by atoms with Gasteiger partial charge in [-0.1, -0.05) is 47.9 Å². The minimum absolute atomic E-state index is 0.169. The number of carbonyl (C=O) groups excluding carboxylic acids is 2. The highest BCUT2D eigenvalue weighted by Crippen LogP contribution is 2.36. The maximum atomic E-state index is 12.1. The molecule has 1 aliphatic rings.